The Balaban J connectivity index is 2.47. The second kappa shape index (κ2) is 4.45. The van der Waals surface area contributed by atoms with E-state index >= 15 is 0 Å². The van der Waals surface area contributed by atoms with Crippen molar-refractivity contribution in [3.8, 4) is 12.3 Å². The van der Waals surface area contributed by atoms with Gasteiger partial charge in [0.25, 0.3) is 0 Å². The summed E-state index contributed by atoms with van der Waals surface area (Å²) in [6.07, 6.45) is 5.92. The molecule has 3 N–H and O–H groups in total. The van der Waals surface area contributed by atoms with Crippen LogP contribution in [0.25, 0.3) is 10.1 Å². The van der Waals surface area contributed by atoms with Gasteiger partial charge in [-0.2, -0.15) is 0 Å². The quantitative estimate of drug-likeness (QED) is 0.470. The SMILES string of the molecule is C#CCC(NN)c1csc2ccccc12. The molecule has 0 aliphatic carbocycles. The van der Waals surface area contributed by atoms with E-state index in [2.05, 4.69) is 28.9 Å². The van der Waals surface area contributed by atoms with E-state index in [0.717, 1.165) is 0 Å². The highest BCUT2D eigenvalue weighted by molar-refractivity contribution is 7.17. The van der Waals surface area contributed by atoms with Crippen molar-refractivity contribution in [1.82, 2.24) is 5.43 Å². The fourth-order valence-corrected chi connectivity index (χ4v) is 2.66. The largest absolute Gasteiger partial charge is 0.271 e. The van der Waals surface area contributed by atoms with Gasteiger partial charge in [0.15, 0.2) is 0 Å². The maximum atomic E-state index is 5.50. The number of benzene rings is 1. The van der Waals surface area contributed by atoms with E-state index in [1.54, 1.807) is 11.3 Å². The van der Waals surface area contributed by atoms with Gasteiger partial charge < -0.3 is 0 Å². The van der Waals surface area contributed by atoms with E-state index in [9.17, 15) is 0 Å². The predicted octanol–water partition coefficient (Wildman–Crippen LogP) is 2.43. The lowest BCUT2D eigenvalue weighted by molar-refractivity contribution is 0.573. The summed E-state index contributed by atoms with van der Waals surface area (Å²) >= 11 is 1.72. The summed E-state index contributed by atoms with van der Waals surface area (Å²) in [5.41, 5.74) is 3.95. The lowest BCUT2D eigenvalue weighted by atomic mass is 10.0. The minimum absolute atomic E-state index is 0.0474. The first-order valence-electron chi connectivity index (χ1n) is 4.72. The van der Waals surface area contributed by atoms with Crippen LogP contribution in [-0.2, 0) is 0 Å². The first-order chi connectivity index (χ1) is 7.36. The second-order valence-electron chi connectivity index (χ2n) is 3.31. The van der Waals surface area contributed by atoms with Crippen LogP contribution in [-0.4, -0.2) is 0 Å². The van der Waals surface area contributed by atoms with Gasteiger partial charge in [-0.15, -0.1) is 23.7 Å². The molecule has 0 amide bonds. The number of fused-ring (bicyclic) bond motifs is 1. The van der Waals surface area contributed by atoms with Gasteiger partial charge in [0.2, 0.25) is 0 Å². The molecule has 0 aliphatic heterocycles. The Bertz CT molecular complexity index is 496. The van der Waals surface area contributed by atoms with Crippen LogP contribution in [0, 0.1) is 12.3 Å². The summed E-state index contributed by atoms with van der Waals surface area (Å²) in [4.78, 5) is 0. The molecule has 1 aromatic carbocycles. The summed E-state index contributed by atoms with van der Waals surface area (Å²) in [6, 6.07) is 8.32. The number of nitrogens with two attached hydrogens (primary N) is 1. The highest BCUT2D eigenvalue weighted by Gasteiger charge is 2.12. The molecule has 0 saturated heterocycles. The minimum Gasteiger partial charge on any atom is -0.271 e. The lowest BCUT2D eigenvalue weighted by Gasteiger charge is -2.11. The van der Waals surface area contributed by atoms with E-state index in [1.807, 2.05) is 12.1 Å². The summed E-state index contributed by atoms with van der Waals surface area (Å²) in [5, 5.41) is 3.35. The van der Waals surface area contributed by atoms with Crippen LogP contribution in [0.15, 0.2) is 29.6 Å². The molecule has 0 aliphatic rings. The highest BCUT2D eigenvalue weighted by Crippen LogP contribution is 2.30. The molecule has 2 aromatic rings. The lowest BCUT2D eigenvalue weighted by Crippen LogP contribution is -2.27. The first-order valence-corrected chi connectivity index (χ1v) is 5.60. The van der Waals surface area contributed by atoms with Crippen molar-refractivity contribution in [3.63, 3.8) is 0 Å². The number of hydrogen-bond acceptors (Lipinski definition) is 3. The molecule has 15 heavy (non-hydrogen) atoms. The zero-order valence-corrected chi connectivity index (χ0v) is 9.05. The van der Waals surface area contributed by atoms with Crippen LogP contribution in [0.3, 0.4) is 0 Å². The van der Waals surface area contributed by atoms with Crippen molar-refractivity contribution in [1.29, 1.82) is 0 Å². The van der Waals surface area contributed by atoms with Gasteiger partial charge in [-0.05, 0) is 22.4 Å². The monoisotopic (exact) mass is 216 g/mol. The van der Waals surface area contributed by atoms with Gasteiger partial charge in [-0.3, -0.25) is 11.3 Å². The molecule has 2 rings (SSSR count). The van der Waals surface area contributed by atoms with Crippen molar-refractivity contribution in [3.05, 3.63) is 35.2 Å². The molecule has 2 nitrogen and oxygen atoms in total. The topological polar surface area (TPSA) is 38.0 Å². The Morgan fingerprint density at radius 2 is 2.27 bits per heavy atom. The van der Waals surface area contributed by atoms with Crippen LogP contribution in [0.4, 0.5) is 0 Å². The summed E-state index contributed by atoms with van der Waals surface area (Å²) in [5.74, 6) is 8.13. The van der Waals surface area contributed by atoms with Crippen molar-refractivity contribution in [2.45, 2.75) is 12.5 Å². The van der Waals surface area contributed by atoms with Gasteiger partial charge in [0.1, 0.15) is 0 Å². The van der Waals surface area contributed by atoms with Gasteiger partial charge in [0.05, 0.1) is 6.04 Å². The Hall–Kier alpha value is -1.34. The molecular weight excluding hydrogens is 204 g/mol. The van der Waals surface area contributed by atoms with Crippen molar-refractivity contribution in [2.24, 2.45) is 5.84 Å². The van der Waals surface area contributed by atoms with Gasteiger partial charge in [0, 0.05) is 11.1 Å². The zero-order valence-electron chi connectivity index (χ0n) is 8.23. The summed E-state index contributed by atoms with van der Waals surface area (Å²) < 4.78 is 1.27. The average molecular weight is 216 g/mol. The Morgan fingerprint density at radius 1 is 1.47 bits per heavy atom. The second-order valence-corrected chi connectivity index (χ2v) is 4.23. The number of rotatable bonds is 3. The normalized spacial score (nSPS) is 12.5. The minimum atomic E-state index is 0.0474. The maximum Gasteiger partial charge on any atom is 0.0583 e. The third-order valence-corrected chi connectivity index (χ3v) is 3.39. The average Bonchev–Trinajstić information content (AvgIpc) is 2.70. The summed E-state index contributed by atoms with van der Waals surface area (Å²) in [7, 11) is 0. The maximum absolute atomic E-state index is 5.50. The number of nitrogens with one attached hydrogen (secondary N) is 1. The Kier molecular flexibility index (Phi) is 3.02. The number of hydrazine groups is 1. The third-order valence-electron chi connectivity index (χ3n) is 2.41. The standard InChI is InChI=1S/C12H12N2S/c1-2-5-11(14-13)10-8-15-12-7-4-3-6-9(10)12/h1,3-4,6-8,11,14H,5,13H2. The van der Waals surface area contributed by atoms with E-state index in [-0.39, 0.29) is 6.04 Å². The fraction of sp³-hybridized carbons (Fsp3) is 0.167. The number of hydrogen-bond donors (Lipinski definition) is 2. The van der Waals surface area contributed by atoms with E-state index in [0.29, 0.717) is 6.42 Å². The van der Waals surface area contributed by atoms with Crippen molar-refractivity contribution in [2.75, 3.05) is 0 Å². The van der Waals surface area contributed by atoms with Crippen LogP contribution in [0.5, 0.6) is 0 Å². The van der Waals surface area contributed by atoms with Crippen LogP contribution in [0.2, 0.25) is 0 Å². The number of terminal acetylenes is 1. The first kappa shape index (κ1) is 10.2. The van der Waals surface area contributed by atoms with Crippen molar-refractivity contribution >= 4 is 21.4 Å². The molecule has 0 spiro atoms. The molecule has 0 bridgehead atoms. The van der Waals surface area contributed by atoms with E-state index < -0.39 is 0 Å². The van der Waals surface area contributed by atoms with E-state index in [4.69, 9.17) is 12.3 Å². The molecule has 0 radical (unpaired) electrons. The summed E-state index contributed by atoms with van der Waals surface area (Å²) in [6.45, 7) is 0. The molecule has 1 unspecified atom stereocenters. The van der Waals surface area contributed by atoms with Crippen LogP contribution < -0.4 is 11.3 Å². The molecule has 0 fully saturated rings. The third kappa shape index (κ3) is 1.88. The van der Waals surface area contributed by atoms with E-state index in [1.165, 1.54) is 15.6 Å². The molecule has 1 aromatic heterocycles. The zero-order chi connectivity index (χ0) is 10.7. The Morgan fingerprint density at radius 3 is 3.00 bits per heavy atom. The molecule has 1 atom stereocenters. The smallest absolute Gasteiger partial charge is 0.0583 e. The van der Waals surface area contributed by atoms with Gasteiger partial charge >= 0.3 is 0 Å². The highest BCUT2D eigenvalue weighted by atomic mass is 32.1. The van der Waals surface area contributed by atoms with Crippen molar-refractivity contribution < 1.29 is 0 Å². The van der Waals surface area contributed by atoms with Gasteiger partial charge in [-0.25, -0.2) is 0 Å². The van der Waals surface area contributed by atoms with Crippen LogP contribution >= 0.6 is 11.3 Å². The molecule has 76 valence electrons. The van der Waals surface area contributed by atoms with Crippen LogP contribution in [0.1, 0.15) is 18.0 Å². The molecule has 3 heteroatoms. The molecule has 1 heterocycles. The molecular formula is C12H12N2S. The Labute approximate surface area is 93.1 Å². The molecule has 0 saturated carbocycles. The van der Waals surface area contributed by atoms with Gasteiger partial charge in [-0.1, -0.05) is 18.2 Å². The fourth-order valence-electron chi connectivity index (χ4n) is 1.64. The number of thiophene rings is 1. The predicted molar refractivity (Wildman–Crippen MR) is 65.3 cm³/mol.